The Bertz CT molecular complexity index is 546. The Morgan fingerprint density at radius 1 is 1.41 bits per heavy atom. The first-order chi connectivity index (χ1) is 10.4. The fourth-order valence-electron chi connectivity index (χ4n) is 2.50. The van der Waals surface area contributed by atoms with E-state index in [1.807, 2.05) is 0 Å². The molecule has 1 unspecified atom stereocenters. The molecular formula is C15H19F3N2O2. The minimum Gasteiger partial charge on any atom is -0.482 e. The molecule has 1 aliphatic rings. The highest BCUT2D eigenvalue weighted by Crippen LogP contribution is 2.35. The number of hydrogen-bond acceptors (Lipinski definition) is 3. The van der Waals surface area contributed by atoms with E-state index in [4.69, 9.17) is 10.5 Å². The van der Waals surface area contributed by atoms with E-state index in [-0.39, 0.29) is 38.4 Å². The summed E-state index contributed by atoms with van der Waals surface area (Å²) in [6.45, 7) is 1.65. The Morgan fingerprint density at radius 2 is 2.14 bits per heavy atom. The monoisotopic (exact) mass is 316 g/mol. The molecule has 0 aliphatic carbocycles. The minimum absolute atomic E-state index is 0.00225. The van der Waals surface area contributed by atoms with Crippen molar-refractivity contribution in [2.75, 3.05) is 18.1 Å². The number of halogens is 3. The number of carbonyl (C=O) groups excluding carboxylic acids is 1. The Balaban J connectivity index is 2.19. The van der Waals surface area contributed by atoms with Gasteiger partial charge in [-0.1, -0.05) is 13.0 Å². The first kappa shape index (κ1) is 16.6. The van der Waals surface area contributed by atoms with E-state index in [1.54, 1.807) is 18.2 Å². The summed E-state index contributed by atoms with van der Waals surface area (Å²) < 4.78 is 43.8. The third-order valence-corrected chi connectivity index (χ3v) is 3.86. The van der Waals surface area contributed by atoms with Gasteiger partial charge in [-0.05, 0) is 30.5 Å². The van der Waals surface area contributed by atoms with Gasteiger partial charge in [-0.2, -0.15) is 13.2 Å². The Hall–Kier alpha value is -1.76. The molecule has 0 radical (unpaired) electrons. The number of nitrogens with two attached hydrogens (primary N) is 1. The molecule has 0 saturated heterocycles. The van der Waals surface area contributed by atoms with Gasteiger partial charge in [0, 0.05) is 13.1 Å². The molecular weight excluding hydrogens is 297 g/mol. The lowest BCUT2D eigenvalue weighted by molar-refractivity contribution is -0.176. The number of ether oxygens (including phenoxy) is 1. The van der Waals surface area contributed by atoms with E-state index >= 15 is 0 Å². The van der Waals surface area contributed by atoms with Crippen LogP contribution < -0.4 is 15.4 Å². The van der Waals surface area contributed by atoms with Crippen LogP contribution in [0.5, 0.6) is 5.75 Å². The number of benzene rings is 1. The number of carbonyl (C=O) groups is 1. The minimum atomic E-state index is -4.24. The lowest BCUT2D eigenvalue weighted by atomic mass is 10.0. The molecule has 1 aliphatic heterocycles. The molecule has 0 aromatic heterocycles. The van der Waals surface area contributed by atoms with Crippen molar-refractivity contribution in [3.63, 3.8) is 0 Å². The van der Waals surface area contributed by atoms with Gasteiger partial charge in [0.1, 0.15) is 5.75 Å². The lowest BCUT2D eigenvalue weighted by Crippen LogP contribution is -2.41. The van der Waals surface area contributed by atoms with Gasteiger partial charge in [-0.3, -0.25) is 4.79 Å². The summed E-state index contributed by atoms with van der Waals surface area (Å²) >= 11 is 0. The maximum Gasteiger partial charge on any atom is 0.391 e. The van der Waals surface area contributed by atoms with Gasteiger partial charge in [-0.25, -0.2) is 0 Å². The molecule has 0 fully saturated rings. The van der Waals surface area contributed by atoms with E-state index in [2.05, 4.69) is 0 Å². The Morgan fingerprint density at radius 3 is 2.73 bits per heavy atom. The maximum atomic E-state index is 12.8. The first-order valence-corrected chi connectivity index (χ1v) is 7.19. The fourth-order valence-corrected chi connectivity index (χ4v) is 2.50. The third-order valence-electron chi connectivity index (χ3n) is 3.86. The molecule has 22 heavy (non-hydrogen) atoms. The maximum absolute atomic E-state index is 12.8. The van der Waals surface area contributed by atoms with Crippen LogP contribution in [-0.2, 0) is 11.3 Å². The number of nitrogens with zero attached hydrogens (tertiary/aromatic N) is 1. The summed E-state index contributed by atoms with van der Waals surface area (Å²) in [6, 6.07) is 5.16. The van der Waals surface area contributed by atoms with E-state index in [0.717, 1.165) is 5.56 Å². The molecule has 1 amide bonds. The van der Waals surface area contributed by atoms with Gasteiger partial charge in [0.25, 0.3) is 5.91 Å². The molecule has 1 aromatic carbocycles. The quantitative estimate of drug-likeness (QED) is 0.909. The van der Waals surface area contributed by atoms with Crippen molar-refractivity contribution in [1.29, 1.82) is 0 Å². The van der Waals surface area contributed by atoms with Gasteiger partial charge in [0.2, 0.25) is 0 Å². The molecule has 7 heteroatoms. The van der Waals surface area contributed by atoms with Crippen LogP contribution in [0.1, 0.15) is 25.3 Å². The number of anilines is 1. The summed E-state index contributed by atoms with van der Waals surface area (Å²) in [4.78, 5) is 13.4. The van der Waals surface area contributed by atoms with Crippen molar-refractivity contribution in [3.8, 4) is 5.75 Å². The van der Waals surface area contributed by atoms with Crippen LogP contribution in [0.25, 0.3) is 0 Å². The Labute approximate surface area is 127 Å². The van der Waals surface area contributed by atoms with Gasteiger partial charge >= 0.3 is 6.18 Å². The summed E-state index contributed by atoms with van der Waals surface area (Å²) in [5.41, 5.74) is 6.86. The zero-order valence-corrected chi connectivity index (χ0v) is 12.3. The van der Waals surface area contributed by atoms with Gasteiger partial charge in [0.15, 0.2) is 6.61 Å². The number of fused-ring (bicyclic) bond motifs is 1. The smallest absolute Gasteiger partial charge is 0.391 e. The summed E-state index contributed by atoms with van der Waals surface area (Å²) in [6.07, 6.45) is -4.37. The fraction of sp³-hybridized carbons (Fsp3) is 0.533. The zero-order valence-electron chi connectivity index (χ0n) is 12.3. The average molecular weight is 316 g/mol. The van der Waals surface area contributed by atoms with Crippen LogP contribution in [0, 0.1) is 5.92 Å². The SMILES string of the molecule is CCC(CCN1C(=O)COc2ccc(CN)cc21)C(F)(F)F. The molecule has 2 rings (SSSR count). The molecule has 1 aromatic rings. The second-order valence-electron chi connectivity index (χ2n) is 5.28. The molecule has 0 spiro atoms. The number of hydrogen-bond donors (Lipinski definition) is 1. The van der Waals surface area contributed by atoms with Gasteiger partial charge in [-0.15, -0.1) is 0 Å². The average Bonchev–Trinajstić information content (AvgIpc) is 2.47. The van der Waals surface area contributed by atoms with E-state index in [9.17, 15) is 18.0 Å². The summed E-state index contributed by atoms with van der Waals surface area (Å²) in [7, 11) is 0. The van der Waals surface area contributed by atoms with Crippen molar-refractivity contribution >= 4 is 11.6 Å². The number of amides is 1. The van der Waals surface area contributed by atoms with E-state index in [0.29, 0.717) is 11.4 Å². The van der Waals surface area contributed by atoms with Crippen molar-refractivity contribution in [2.45, 2.75) is 32.5 Å². The standard InChI is InChI=1S/C15H19F3N2O2/c1-2-11(15(16,17)18)5-6-20-12-7-10(8-19)3-4-13(12)22-9-14(20)21/h3-4,7,11H,2,5-6,8-9,19H2,1H3. The normalized spacial score (nSPS) is 16.2. The summed E-state index contributed by atoms with van der Waals surface area (Å²) in [5.74, 6) is -1.25. The molecule has 2 N–H and O–H groups in total. The van der Waals surface area contributed by atoms with Crippen LogP contribution in [-0.4, -0.2) is 25.2 Å². The van der Waals surface area contributed by atoms with E-state index in [1.165, 1.54) is 11.8 Å². The molecule has 0 saturated carbocycles. The molecule has 0 bridgehead atoms. The predicted molar refractivity (Wildman–Crippen MR) is 76.6 cm³/mol. The molecule has 1 atom stereocenters. The highest BCUT2D eigenvalue weighted by atomic mass is 19.4. The highest BCUT2D eigenvalue weighted by molar-refractivity contribution is 5.97. The van der Waals surface area contributed by atoms with Crippen molar-refractivity contribution in [2.24, 2.45) is 11.7 Å². The summed E-state index contributed by atoms with van der Waals surface area (Å²) in [5, 5.41) is 0. The first-order valence-electron chi connectivity index (χ1n) is 7.19. The largest absolute Gasteiger partial charge is 0.482 e. The van der Waals surface area contributed by atoms with Crippen molar-refractivity contribution in [3.05, 3.63) is 23.8 Å². The molecule has 122 valence electrons. The highest BCUT2D eigenvalue weighted by Gasteiger charge is 2.38. The van der Waals surface area contributed by atoms with Gasteiger partial charge < -0.3 is 15.4 Å². The molecule has 4 nitrogen and oxygen atoms in total. The second kappa shape index (κ2) is 6.56. The van der Waals surface area contributed by atoms with Crippen LogP contribution in [0.4, 0.5) is 18.9 Å². The second-order valence-corrected chi connectivity index (χ2v) is 5.28. The topological polar surface area (TPSA) is 55.6 Å². The van der Waals surface area contributed by atoms with Crippen LogP contribution in [0.15, 0.2) is 18.2 Å². The third kappa shape index (κ3) is 3.52. The van der Waals surface area contributed by atoms with Crippen LogP contribution in [0.2, 0.25) is 0 Å². The van der Waals surface area contributed by atoms with Crippen molar-refractivity contribution in [1.82, 2.24) is 0 Å². The van der Waals surface area contributed by atoms with Crippen LogP contribution >= 0.6 is 0 Å². The number of alkyl halides is 3. The zero-order chi connectivity index (χ0) is 16.3. The van der Waals surface area contributed by atoms with E-state index < -0.39 is 12.1 Å². The lowest BCUT2D eigenvalue weighted by Gasteiger charge is -2.31. The Kier molecular flexibility index (Phi) is 4.95. The predicted octanol–water partition coefficient (Wildman–Crippen LogP) is 2.85. The van der Waals surface area contributed by atoms with Gasteiger partial charge in [0.05, 0.1) is 11.6 Å². The van der Waals surface area contributed by atoms with Crippen molar-refractivity contribution < 1.29 is 22.7 Å². The number of rotatable bonds is 5. The van der Waals surface area contributed by atoms with Crippen LogP contribution in [0.3, 0.4) is 0 Å². The molecule has 1 heterocycles.